The van der Waals surface area contributed by atoms with Crippen molar-refractivity contribution in [2.45, 2.75) is 25.1 Å². The molecule has 1 N–H and O–H groups in total. The molecule has 1 heterocycles. The smallest absolute Gasteiger partial charge is 0.343 e. The Labute approximate surface area is 80.6 Å². The van der Waals surface area contributed by atoms with Gasteiger partial charge in [-0.1, -0.05) is 0 Å². The van der Waals surface area contributed by atoms with E-state index in [9.17, 15) is 14.3 Å². The number of hydrogen-bond donors (Lipinski definition) is 1. The number of ether oxygens (including phenoxy) is 1. The highest BCUT2D eigenvalue weighted by Gasteiger charge is 2.45. The molecule has 1 saturated heterocycles. The van der Waals surface area contributed by atoms with Crippen molar-refractivity contribution < 1.29 is 19.0 Å². The summed E-state index contributed by atoms with van der Waals surface area (Å²) in [7, 11) is 0. The molecule has 1 fully saturated rings. The first kappa shape index (κ1) is 10.8. The third kappa shape index (κ3) is 2.34. The number of thioether (sulfide) groups is 1. The van der Waals surface area contributed by atoms with Gasteiger partial charge in [-0.2, -0.15) is 11.8 Å². The van der Waals surface area contributed by atoms with Gasteiger partial charge in [-0.3, -0.25) is 0 Å². The zero-order chi connectivity index (χ0) is 9.90. The second kappa shape index (κ2) is 4.28. The van der Waals surface area contributed by atoms with Gasteiger partial charge in [-0.25, -0.2) is 9.18 Å². The van der Waals surface area contributed by atoms with Gasteiger partial charge in [-0.05, 0) is 19.1 Å². The van der Waals surface area contributed by atoms with Gasteiger partial charge in [0, 0.05) is 5.75 Å². The molecule has 0 aliphatic carbocycles. The highest BCUT2D eigenvalue weighted by Crippen LogP contribution is 2.32. The van der Waals surface area contributed by atoms with Crippen molar-refractivity contribution in [1.29, 1.82) is 0 Å². The molecule has 0 amide bonds. The van der Waals surface area contributed by atoms with E-state index in [1.807, 2.05) is 0 Å². The minimum atomic E-state index is -1.90. The standard InChI is InChI=1S/C8H13FO3S/c1-2-12-7(10)6(9)8(11)3-4-13-5-8/h6,11H,2-5H2,1H3. The average molecular weight is 208 g/mol. The lowest BCUT2D eigenvalue weighted by Crippen LogP contribution is -2.45. The van der Waals surface area contributed by atoms with Gasteiger partial charge in [0.2, 0.25) is 6.17 Å². The number of rotatable bonds is 3. The van der Waals surface area contributed by atoms with Crippen LogP contribution in [0.1, 0.15) is 13.3 Å². The second-order valence-electron chi connectivity index (χ2n) is 3.02. The van der Waals surface area contributed by atoms with Crippen LogP contribution in [0.5, 0.6) is 0 Å². The minimum absolute atomic E-state index is 0.141. The fraction of sp³-hybridized carbons (Fsp3) is 0.875. The summed E-state index contributed by atoms with van der Waals surface area (Å²) < 4.78 is 17.8. The third-order valence-corrected chi connectivity index (χ3v) is 3.19. The van der Waals surface area contributed by atoms with Gasteiger partial charge < -0.3 is 9.84 Å². The van der Waals surface area contributed by atoms with E-state index in [0.29, 0.717) is 12.2 Å². The Morgan fingerprint density at radius 1 is 1.85 bits per heavy atom. The lowest BCUT2D eigenvalue weighted by atomic mass is 9.97. The summed E-state index contributed by atoms with van der Waals surface area (Å²) in [6, 6.07) is 0. The quantitative estimate of drug-likeness (QED) is 0.695. The van der Waals surface area contributed by atoms with Crippen LogP contribution in [0.2, 0.25) is 0 Å². The monoisotopic (exact) mass is 208 g/mol. The molecule has 2 atom stereocenters. The van der Waals surface area contributed by atoms with Crippen molar-refractivity contribution in [3.63, 3.8) is 0 Å². The van der Waals surface area contributed by atoms with E-state index in [1.165, 1.54) is 11.8 Å². The van der Waals surface area contributed by atoms with Crippen LogP contribution in [-0.4, -0.2) is 41.0 Å². The van der Waals surface area contributed by atoms with Crippen molar-refractivity contribution in [3.05, 3.63) is 0 Å². The number of aliphatic hydroxyl groups is 1. The molecule has 2 unspecified atom stereocenters. The summed E-state index contributed by atoms with van der Waals surface area (Å²) in [6.07, 6.45) is -1.58. The van der Waals surface area contributed by atoms with E-state index < -0.39 is 17.7 Å². The maximum atomic E-state index is 13.3. The highest BCUT2D eigenvalue weighted by atomic mass is 32.2. The lowest BCUT2D eigenvalue weighted by molar-refractivity contribution is -0.158. The Morgan fingerprint density at radius 2 is 2.54 bits per heavy atom. The Morgan fingerprint density at radius 3 is 3.00 bits per heavy atom. The highest BCUT2D eigenvalue weighted by molar-refractivity contribution is 7.99. The molecule has 0 aromatic rings. The molecular weight excluding hydrogens is 195 g/mol. The third-order valence-electron chi connectivity index (χ3n) is 2.00. The van der Waals surface area contributed by atoms with Crippen molar-refractivity contribution in [1.82, 2.24) is 0 Å². The van der Waals surface area contributed by atoms with Gasteiger partial charge in [0.05, 0.1) is 6.61 Å². The first-order chi connectivity index (χ1) is 6.10. The van der Waals surface area contributed by atoms with Gasteiger partial charge >= 0.3 is 5.97 Å². The van der Waals surface area contributed by atoms with Gasteiger partial charge in [0.15, 0.2) is 0 Å². The number of alkyl halides is 1. The van der Waals surface area contributed by atoms with Crippen LogP contribution in [-0.2, 0) is 9.53 Å². The molecular formula is C8H13FO3S. The average Bonchev–Trinajstić information content (AvgIpc) is 2.52. The Bertz CT molecular complexity index is 192. The molecule has 1 aliphatic heterocycles. The summed E-state index contributed by atoms with van der Waals surface area (Å²) in [5.74, 6) is 0.0102. The Kier molecular flexibility index (Phi) is 3.55. The maximum Gasteiger partial charge on any atom is 0.343 e. The summed E-state index contributed by atoms with van der Waals surface area (Å²) in [5, 5.41) is 9.66. The number of hydrogen-bond acceptors (Lipinski definition) is 4. The van der Waals surface area contributed by atoms with E-state index in [-0.39, 0.29) is 12.4 Å². The molecule has 0 spiro atoms. The molecule has 1 rings (SSSR count). The van der Waals surface area contributed by atoms with Crippen molar-refractivity contribution in [2.24, 2.45) is 0 Å². The van der Waals surface area contributed by atoms with Crippen LogP contribution in [0.25, 0.3) is 0 Å². The molecule has 5 heteroatoms. The first-order valence-corrected chi connectivity index (χ1v) is 5.36. The largest absolute Gasteiger partial charge is 0.464 e. The van der Waals surface area contributed by atoms with Crippen LogP contribution in [0, 0.1) is 0 Å². The van der Waals surface area contributed by atoms with Crippen LogP contribution in [0.4, 0.5) is 4.39 Å². The molecule has 3 nitrogen and oxygen atoms in total. The fourth-order valence-electron chi connectivity index (χ4n) is 1.20. The summed E-state index contributed by atoms with van der Waals surface area (Å²) in [4.78, 5) is 11.0. The molecule has 13 heavy (non-hydrogen) atoms. The molecule has 0 bridgehead atoms. The van der Waals surface area contributed by atoms with Crippen LogP contribution in [0.15, 0.2) is 0 Å². The number of halogens is 1. The number of carbonyl (C=O) groups excluding carboxylic acids is 1. The molecule has 76 valence electrons. The zero-order valence-corrected chi connectivity index (χ0v) is 8.27. The number of carbonyl (C=O) groups is 1. The summed E-state index contributed by atoms with van der Waals surface area (Å²) in [5.41, 5.74) is -1.50. The van der Waals surface area contributed by atoms with Crippen molar-refractivity contribution in [3.8, 4) is 0 Å². The minimum Gasteiger partial charge on any atom is -0.464 e. The van der Waals surface area contributed by atoms with Gasteiger partial charge in [0.1, 0.15) is 5.60 Å². The lowest BCUT2D eigenvalue weighted by Gasteiger charge is -2.23. The summed E-state index contributed by atoms with van der Waals surface area (Å²) >= 11 is 1.45. The molecule has 0 aromatic heterocycles. The molecule has 0 aromatic carbocycles. The van der Waals surface area contributed by atoms with Crippen molar-refractivity contribution in [2.75, 3.05) is 18.1 Å². The number of esters is 1. The summed E-state index contributed by atoms with van der Waals surface area (Å²) in [6.45, 7) is 1.75. The second-order valence-corrected chi connectivity index (χ2v) is 4.13. The molecule has 0 radical (unpaired) electrons. The van der Waals surface area contributed by atoms with Crippen LogP contribution >= 0.6 is 11.8 Å². The van der Waals surface area contributed by atoms with E-state index in [2.05, 4.69) is 4.74 Å². The van der Waals surface area contributed by atoms with Gasteiger partial charge in [0.25, 0.3) is 0 Å². The predicted molar refractivity (Wildman–Crippen MR) is 48.4 cm³/mol. The van der Waals surface area contributed by atoms with E-state index in [0.717, 1.165) is 0 Å². The SMILES string of the molecule is CCOC(=O)C(F)C1(O)CCSC1. The Hall–Kier alpha value is -0.290. The molecule has 0 saturated carbocycles. The van der Waals surface area contributed by atoms with Gasteiger partial charge in [-0.15, -0.1) is 0 Å². The fourth-order valence-corrected chi connectivity index (χ4v) is 2.49. The zero-order valence-electron chi connectivity index (χ0n) is 7.46. The predicted octanol–water partition coefficient (Wildman–Crippen LogP) is 0.756. The van der Waals surface area contributed by atoms with E-state index in [1.54, 1.807) is 6.92 Å². The topological polar surface area (TPSA) is 46.5 Å². The van der Waals surface area contributed by atoms with E-state index >= 15 is 0 Å². The van der Waals surface area contributed by atoms with Crippen LogP contribution < -0.4 is 0 Å². The van der Waals surface area contributed by atoms with Crippen molar-refractivity contribution >= 4 is 17.7 Å². The first-order valence-electron chi connectivity index (χ1n) is 4.21. The Balaban J connectivity index is 2.54. The normalized spacial score (nSPS) is 30.1. The maximum absolute atomic E-state index is 13.3. The van der Waals surface area contributed by atoms with Crippen LogP contribution in [0.3, 0.4) is 0 Å². The molecule has 1 aliphatic rings. The van der Waals surface area contributed by atoms with E-state index in [4.69, 9.17) is 0 Å².